The van der Waals surface area contributed by atoms with Crippen LogP contribution in [-0.4, -0.2) is 21.5 Å². The molecule has 4 rings (SSSR count). The summed E-state index contributed by atoms with van der Waals surface area (Å²) in [6.07, 6.45) is 1.95. The Balaban J connectivity index is 1.44. The van der Waals surface area contributed by atoms with Crippen LogP contribution in [0.1, 0.15) is 22.3 Å². The predicted octanol–water partition coefficient (Wildman–Crippen LogP) is 4.30. The largest absolute Gasteiger partial charge is 0.454 e. The SMILES string of the molecule is Cc1c(NCc2cccc(Cc3ccc4c(c3)OCO4)c2)cccc1NS(C)(=O)=O. The first-order valence-corrected chi connectivity index (χ1v) is 11.5. The number of anilines is 2. The summed E-state index contributed by atoms with van der Waals surface area (Å²) < 4.78 is 36.5. The highest BCUT2D eigenvalue weighted by Gasteiger charge is 2.13. The highest BCUT2D eigenvalue weighted by atomic mass is 32.2. The van der Waals surface area contributed by atoms with Crippen LogP contribution in [0.5, 0.6) is 11.5 Å². The Morgan fingerprint density at radius 3 is 2.40 bits per heavy atom. The fourth-order valence-corrected chi connectivity index (χ4v) is 4.09. The third kappa shape index (κ3) is 4.86. The van der Waals surface area contributed by atoms with Gasteiger partial charge in [0.1, 0.15) is 0 Å². The highest BCUT2D eigenvalue weighted by Crippen LogP contribution is 2.33. The minimum absolute atomic E-state index is 0.278. The molecule has 0 radical (unpaired) electrons. The molecule has 1 heterocycles. The van der Waals surface area contributed by atoms with Gasteiger partial charge in [0.2, 0.25) is 16.8 Å². The fraction of sp³-hybridized carbons (Fsp3) is 0.217. The second-order valence-electron chi connectivity index (χ2n) is 7.39. The van der Waals surface area contributed by atoms with Gasteiger partial charge in [0.05, 0.1) is 11.9 Å². The minimum Gasteiger partial charge on any atom is -0.454 e. The first kappa shape index (κ1) is 20.1. The Labute approximate surface area is 176 Å². The number of sulfonamides is 1. The first-order chi connectivity index (χ1) is 14.4. The van der Waals surface area contributed by atoms with Gasteiger partial charge >= 0.3 is 0 Å². The van der Waals surface area contributed by atoms with Gasteiger partial charge in [-0.15, -0.1) is 0 Å². The number of nitrogens with one attached hydrogen (secondary N) is 2. The molecule has 1 aliphatic heterocycles. The van der Waals surface area contributed by atoms with E-state index in [9.17, 15) is 8.42 Å². The van der Waals surface area contributed by atoms with Gasteiger partial charge in [0.25, 0.3) is 0 Å². The summed E-state index contributed by atoms with van der Waals surface area (Å²) in [6.45, 7) is 2.81. The van der Waals surface area contributed by atoms with Gasteiger partial charge in [0, 0.05) is 12.2 Å². The zero-order valence-corrected chi connectivity index (χ0v) is 17.8. The second kappa shape index (κ2) is 8.28. The van der Waals surface area contributed by atoms with Crippen molar-refractivity contribution >= 4 is 21.4 Å². The average Bonchev–Trinajstić information content (AvgIpc) is 3.16. The molecule has 6 nitrogen and oxygen atoms in total. The Hall–Kier alpha value is -3.19. The quantitative estimate of drug-likeness (QED) is 0.591. The van der Waals surface area contributed by atoms with Crippen LogP contribution in [0.3, 0.4) is 0 Å². The van der Waals surface area contributed by atoms with Crippen molar-refractivity contribution in [3.05, 3.63) is 82.9 Å². The summed E-state index contributed by atoms with van der Waals surface area (Å²) in [4.78, 5) is 0. The summed E-state index contributed by atoms with van der Waals surface area (Å²) in [7, 11) is -3.32. The number of ether oxygens (including phenoxy) is 2. The molecule has 0 aromatic heterocycles. The zero-order valence-electron chi connectivity index (χ0n) is 16.9. The molecule has 0 spiro atoms. The Morgan fingerprint density at radius 1 is 0.867 bits per heavy atom. The van der Waals surface area contributed by atoms with E-state index in [1.807, 2.05) is 37.3 Å². The maximum absolute atomic E-state index is 11.5. The lowest BCUT2D eigenvalue weighted by molar-refractivity contribution is 0.174. The number of fused-ring (bicyclic) bond motifs is 1. The number of hydrogen-bond donors (Lipinski definition) is 2. The van der Waals surface area contributed by atoms with Crippen LogP contribution < -0.4 is 19.5 Å². The van der Waals surface area contributed by atoms with E-state index < -0.39 is 10.0 Å². The number of hydrogen-bond acceptors (Lipinski definition) is 5. The lowest BCUT2D eigenvalue weighted by Gasteiger charge is -2.14. The number of benzene rings is 3. The van der Waals surface area contributed by atoms with Gasteiger partial charge in [0.15, 0.2) is 11.5 Å². The summed E-state index contributed by atoms with van der Waals surface area (Å²) in [6, 6.07) is 20.0. The van der Waals surface area contributed by atoms with Crippen molar-refractivity contribution in [1.82, 2.24) is 0 Å². The highest BCUT2D eigenvalue weighted by molar-refractivity contribution is 7.92. The Kier molecular flexibility index (Phi) is 5.55. The van der Waals surface area contributed by atoms with E-state index in [1.54, 1.807) is 6.07 Å². The molecule has 0 unspecified atom stereocenters. The molecule has 0 fully saturated rings. The van der Waals surface area contributed by atoms with E-state index in [4.69, 9.17) is 9.47 Å². The molecule has 0 atom stereocenters. The van der Waals surface area contributed by atoms with Gasteiger partial charge in [-0.3, -0.25) is 4.72 Å². The van der Waals surface area contributed by atoms with E-state index in [1.165, 1.54) is 11.1 Å². The molecule has 30 heavy (non-hydrogen) atoms. The van der Waals surface area contributed by atoms with Gasteiger partial charge in [-0.2, -0.15) is 0 Å². The van der Waals surface area contributed by atoms with Crippen LogP contribution in [0.25, 0.3) is 0 Å². The molecule has 1 aliphatic rings. The van der Waals surface area contributed by atoms with Crippen LogP contribution in [0, 0.1) is 6.92 Å². The zero-order chi connectivity index (χ0) is 21.1. The summed E-state index contributed by atoms with van der Waals surface area (Å²) >= 11 is 0. The maximum Gasteiger partial charge on any atom is 0.231 e. The third-order valence-electron chi connectivity index (χ3n) is 4.95. The predicted molar refractivity (Wildman–Crippen MR) is 119 cm³/mol. The monoisotopic (exact) mass is 424 g/mol. The van der Waals surface area contributed by atoms with Crippen molar-refractivity contribution in [3.8, 4) is 11.5 Å². The lowest BCUT2D eigenvalue weighted by atomic mass is 10.0. The molecule has 0 saturated heterocycles. The molecule has 3 aromatic rings. The fourth-order valence-electron chi connectivity index (χ4n) is 3.47. The van der Waals surface area contributed by atoms with E-state index in [0.717, 1.165) is 41.0 Å². The molecule has 0 aliphatic carbocycles. The normalized spacial score (nSPS) is 12.6. The van der Waals surface area contributed by atoms with Crippen molar-refractivity contribution in [3.63, 3.8) is 0 Å². The standard InChI is InChI=1S/C23H24N2O4S/c1-16-20(7-4-8-21(16)25-30(2,26)27)24-14-19-6-3-5-17(12-19)11-18-9-10-22-23(13-18)29-15-28-22/h3-10,12-13,24-25H,11,14-15H2,1-2H3. The molecular formula is C23H24N2O4S. The second-order valence-corrected chi connectivity index (χ2v) is 9.14. The summed E-state index contributed by atoms with van der Waals surface area (Å²) in [5.74, 6) is 1.59. The van der Waals surface area contributed by atoms with Crippen LogP contribution in [0.2, 0.25) is 0 Å². The lowest BCUT2D eigenvalue weighted by Crippen LogP contribution is -2.11. The summed E-state index contributed by atoms with van der Waals surface area (Å²) in [5.41, 5.74) is 5.86. The maximum atomic E-state index is 11.5. The van der Waals surface area contributed by atoms with Gasteiger partial charge in [-0.25, -0.2) is 8.42 Å². The topological polar surface area (TPSA) is 76.7 Å². The van der Waals surface area contributed by atoms with Crippen LogP contribution in [0.4, 0.5) is 11.4 Å². The van der Waals surface area contributed by atoms with Gasteiger partial charge in [-0.05, 0) is 59.9 Å². The molecule has 156 valence electrons. The molecule has 3 aromatic carbocycles. The van der Waals surface area contributed by atoms with E-state index in [2.05, 4.69) is 34.3 Å². The van der Waals surface area contributed by atoms with Gasteiger partial charge < -0.3 is 14.8 Å². The van der Waals surface area contributed by atoms with E-state index in [0.29, 0.717) is 12.2 Å². The van der Waals surface area contributed by atoms with Crippen LogP contribution in [-0.2, 0) is 23.0 Å². The van der Waals surface area contributed by atoms with E-state index >= 15 is 0 Å². The van der Waals surface area contributed by atoms with Crippen molar-refractivity contribution in [2.75, 3.05) is 23.1 Å². The minimum atomic E-state index is -3.32. The van der Waals surface area contributed by atoms with Crippen molar-refractivity contribution in [2.45, 2.75) is 19.9 Å². The van der Waals surface area contributed by atoms with Crippen LogP contribution in [0.15, 0.2) is 60.7 Å². The molecule has 0 bridgehead atoms. The van der Waals surface area contributed by atoms with Crippen LogP contribution >= 0.6 is 0 Å². The Morgan fingerprint density at radius 2 is 1.57 bits per heavy atom. The molecule has 0 saturated carbocycles. The molecule has 7 heteroatoms. The van der Waals surface area contributed by atoms with Gasteiger partial charge in [-0.1, -0.05) is 36.4 Å². The van der Waals surface area contributed by atoms with Crippen molar-refractivity contribution in [2.24, 2.45) is 0 Å². The summed E-state index contributed by atoms with van der Waals surface area (Å²) in [5, 5.41) is 3.41. The first-order valence-electron chi connectivity index (χ1n) is 9.65. The third-order valence-corrected chi connectivity index (χ3v) is 5.54. The number of rotatable bonds is 7. The molecule has 0 amide bonds. The van der Waals surface area contributed by atoms with E-state index in [-0.39, 0.29) is 6.79 Å². The smallest absolute Gasteiger partial charge is 0.231 e. The Bertz CT molecular complexity index is 1180. The van der Waals surface area contributed by atoms with Crippen molar-refractivity contribution in [1.29, 1.82) is 0 Å². The average molecular weight is 425 g/mol. The molecular weight excluding hydrogens is 400 g/mol. The van der Waals surface area contributed by atoms with Crippen molar-refractivity contribution < 1.29 is 17.9 Å². The molecule has 2 N–H and O–H groups in total.